The fourth-order valence-electron chi connectivity index (χ4n) is 1.13. The quantitative estimate of drug-likeness (QED) is 0.827. The molecule has 0 saturated carbocycles. The van der Waals surface area contributed by atoms with Gasteiger partial charge in [-0.25, -0.2) is 0 Å². The Kier molecular flexibility index (Phi) is 4.70. The van der Waals surface area contributed by atoms with E-state index in [0.717, 1.165) is 0 Å². The summed E-state index contributed by atoms with van der Waals surface area (Å²) in [5.41, 5.74) is 5.14. The monoisotopic (exact) mass is 311 g/mol. The molecule has 1 heterocycles. The van der Waals surface area contributed by atoms with Crippen LogP contribution in [0.2, 0.25) is 0 Å². The fraction of sp³-hybridized carbons (Fsp3) is 0.333. The molecule has 0 atom stereocenters. The van der Waals surface area contributed by atoms with Crippen molar-refractivity contribution in [3.63, 3.8) is 0 Å². The number of nitrogens with two attached hydrogens (primary N) is 1. The van der Waals surface area contributed by atoms with E-state index in [1.165, 1.54) is 12.4 Å². The molecule has 0 bridgehead atoms. The Morgan fingerprint density at radius 3 is 2.83 bits per heavy atom. The summed E-state index contributed by atoms with van der Waals surface area (Å²) in [7, 11) is 0. The maximum atomic E-state index is 9.54. The van der Waals surface area contributed by atoms with E-state index in [4.69, 9.17) is 15.7 Å². The van der Waals surface area contributed by atoms with Crippen LogP contribution in [0.15, 0.2) is 22.9 Å². The molecule has 0 unspecified atom stereocenters. The number of hydrogen-bond acceptors (Lipinski definition) is 5. The van der Waals surface area contributed by atoms with Gasteiger partial charge >= 0.3 is 0 Å². The smallest absolute Gasteiger partial charge is 0.138 e. The molecule has 6 heteroatoms. The topological polar surface area (TPSA) is 92.2 Å². The van der Waals surface area contributed by atoms with Crippen LogP contribution < -0.4 is 10.5 Å². The lowest BCUT2D eigenvalue weighted by molar-refractivity contribution is 0.0283. The molecule has 0 radical (unpaired) electrons. The number of nitriles is 1. The van der Waals surface area contributed by atoms with E-state index in [9.17, 15) is 5.11 Å². The summed E-state index contributed by atoms with van der Waals surface area (Å²) in [6.45, 7) is 3.45. The number of halogens is 1. The van der Waals surface area contributed by atoms with E-state index >= 15 is 0 Å². The summed E-state index contributed by atoms with van der Waals surface area (Å²) < 4.78 is 5.98. The molecule has 0 aromatic carbocycles. The third kappa shape index (κ3) is 4.02. The highest BCUT2D eigenvalue weighted by Crippen LogP contribution is 2.25. The van der Waals surface area contributed by atoms with E-state index in [-0.39, 0.29) is 12.2 Å². The zero-order chi connectivity index (χ0) is 13.8. The first-order valence-corrected chi connectivity index (χ1v) is 6.00. The van der Waals surface area contributed by atoms with E-state index in [1.807, 2.05) is 6.07 Å². The molecule has 3 N–H and O–H groups in total. The van der Waals surface area contributed by atoms with Crippen molar-refractivity contribution in [2.24, 2.45) is 5.73 Å². The maximum absolute atomic E-state index is 9.54. The molecule has 1 rings (SSSR count). The van der Waals surface area contributed by atoms with Crippen LogP contribution in [0.1, 0.15) is 19.5 Å². The fourth-order valence-corrected chi connectivity index (χ4v) is 1.67. The Balaban J connectivity index is 2.90. The van der Waals surface area contributed by atoms with Crippen molar-refractivity contribution in [3.05, 3.63) is 28.6 Å². The van der Waals surface area contributed by atoms with Crippen molar-refractivity contribution in [1.29, 1.82) is 5.26 Å². The van der Waals surface area contributed by atoms with Gasteiger partial charge < -0.3 is 15.6 Å². The summed E-state index contributed by atoms with van der Waals surface area (Å²) >= 11 is 3.30. The Bertz CT molecular complexity index is 501. The number of allylic oxidation sites excluding steroid dienone is 1. The lowest BCUT2D eigenvalue weighted by Crippen LogP contribution is -2.27. The average Bonchev–Trinajstić information content (AvgIpc) is 2.29. The molecule has 0 amide bonds. The summed E-state index contributed by atoms with van der Waals surface area (Å²) in [4.78, 5) is 4.10. The maximum Gasteiger partial charge on any atom is 0.138 e. The minimum Gasteiger partial charge on any atom is -0.489 e. The van der Waals surface area contributed by atoms with Gasteiger partial charge in [0, 0.05) is 10.7 Å². The van der Waals surface area contributed by atoms with E-state index in [1.54, 1.807) is 19.9 Å². The second kappa shape index (κ2) is 5.85. The van der Waals surface area contributed by atoms with Gasteiger partial charge in [-0.05, 0) is 35.8 Å². The molecule has 1 aromatic rings. The van der Waals surface area contributed by atoms with Gasteiger partial charge in [-0.1, -0.05) is 0 Å². The van der Waals surface area contributed by atoms with Crippen LogP contribution in [0.25, 0.3) is 5.57 Å². The van der Waals surface area contributed by atoms with Gasteiger partial charge in [0.25, 0.3) is 0 Å². The Morgan fingerprint density at radius 1 is 1.72 bits per heavy atom. The minimum atomic E-state index is -0.917. The second-order valence-electron chi connectivity index (χ2n) is 4.29. The third-order valence-corrected chi connectivity index (χ3v) is 2.55. The van der Waals surface area contributed by atoms with Crippen LogP contribution >= 0.6 is 15.9 Å². The molecule has 5 nitrogen and oxygen atoms in total. The first-order valence-electron chi connectivity index (χ1n) is 5.20. The number of hydrogen-bond donors (Lipinski definition) is 2. The van der Waals surface area contributed by atoms with Crippen molar-refractivity contribution in [2.75, 3.05) is 6.61 Å². The van der Waals surface area contributed by atoms with Crippen molar-refractivity contribution >= 4 is 21.5 Å². The largest absolute Gasteiger partial charge is 0.489 e. The highest BCUT2D eigenvalue weighted by Gasteiger charge is 2.14. The summed E-state index contributed by atoms with van der Waals surface area (Å²) in [6.07, 6.45) is 2.68. The van der Waals surface area contributed by atoms with Crippen LogP contribution in [0.5, 0.6) is 5.75 Å². The first kappa shape index (κ1) is 14.5. The normalized spacial score (nSPS) is 12.1. The second-order valence-corrected chi connectivity index (χ2v) is 5.15. The van der Waals surface area contributed by atoms with E-state index in [2.05, 4.69) is 20.9 Å². The molecular weight excluding hydrogens is 298 g/mol. The predicted octanol–water partition coefficient (Wildman–Crippen LogP) is 1.82. The zero-order valence-corrected chi connectivity index (χ0v) is 11.7. The lowest BCUT2D eigenvalue weighted by atomic mass is 10.2. The lowest BCUT2D eigenvalue weighted by Gasteiger charge is -2.17. The molecule has 0 aliphatic rings. The van der Waals surface area contributed by atoms with Gasteiger partial charge in [-0.15, -0.1) is 0 Å². The highest BCUT2D eigenvalue weighted by molar-refractivity contribution is 9.10. The van der Waals surface area contributed by atoms with Gasteiger partial charge in [0.05, 0.1) is 23.1 Å². The van der Waals surface area contributed by atoms with Crippen molar-refractivity contribution in [2.45, 2.75) is 19.4 Å². The van der Waals surface area contributed by atoms with Crippen LogP contribution in [0, 0.1) is 11.3 Å². The number of aromatic nitrogens is 1. The van der Waals surface area contributed by atoms with Crippen molar-refractivity contribution in [3.8, 4) is 11.8 Å². The molecule has 0 spiro atoms. The van der Waals surface area contributed by atoms with Crippen LogP contribution in [-0.4, -0.2) is 22.3 Å². The predicted molar refractivity (Wildman–Crippen MR) is 71.5 cm³/mol. The Morgan fingerprint density at radius 2 is 2.39 bits per heavy atom. The van der Waals surface area contributed by atoms with E-state index in [0.29, 0.717) is 15.9 Å². The highest BCUT2D eigenvalue weighted by atomic mass is 79.9. The molecule has 0 aliphatic heterocycles. The SMILES string of the molecule is CC(C)(O)COc1cnc(C(C#N)=CN)c(Br)c1. The van der Waals surface area contributed by atoms with Crippen LogP contribution in [0.4, 0.5) is 0 Å². The summed E-state index contributed by atoms with van der Waals surface area (Å²) in [5, 5.41) is 18.4. The average molecular weight is 312 g/mol. The molecule has 96 valence electrons. The summed E-state index contributed by atoms with van der Waals surface area (Å²) in [6, 6.07) is 3.62. The minimum absolute atomic E-state index is 0.151. The molecular formula is C12H14BrN3O2. The zero-order valence-electron chi connectivity index (χ0n) is 10.1. The van der Waals surface area contributed by atoms with E-state index < -0.39 is 5.60 Å². The van der Waals surface area contributed by atoms with Crippen molar-refractivity contribution < 1.29 is 9.84 Å². The number of pyridine rings is 1. The number of rotatable bonds is 4. The molecule has 0 saturated heterocycles. The number of aliphatic hydroxyl groups is 1. The molecule has 0 aliphatic carbocycles. The van der Waals surface area contributed by atoms with Crippen LogP contribution in [0.3, 0.4) is 0 Å². The molecule has 0 fully saturated rings. The molecule has 18 heavy (non-hydrogen) atoms. The third-order valence-electron chi connectivity index (χ3n) is 1.95. The van der Waals surface area contributed by atoms with Gasteiger partial charge in [-0.3, -0.25) is 4.98 Å². The standard InChI is InChI=1S/C12H14BrN3O2/c1-12(2,17)7-18-9-3-10(13)11(16-6-9)8(4-14)5-15/h3-4,6,17H,7,14H2,1-2H3. The summed E-state index contributed by atoms with van der Waals surface area (Å²) in [5.74, 6) is 0.502. The van der Waals surface area contributed by atoms with Gasteiger partial charge in [0.1, 0.15) is 18.4 Å². The van der Waals surface area contributed by atoms with Gasteiger partial charge in [0.2, 0.25) is 0 Å². The van der Waals surface area contributed by atoms with Crippen molar-refractivity contribution in [1.82, 2.24) is 4.98 Å². The Labute approximate surface area is 114 Å². The van der Waals surface area contributed by atoms with Gasteiger partial charge in [0.15, 0.2) is 0 Å². The van der Waals surface area contributed by atoms with Gasteiger partial charge in [-0.2, -0.15) is 5.26 Å². The molecule has 1 aromatic heterocycles. The number of nitrogens with zero attached hydrogens (tertiary/aromatic N) is 2. The first-order chi connectivity index (χ1) is 8.37. The van der Waals surface area contributed by atoms with Crippen LogP contribution in [-0.2, 0) is 0 Å². The Hall–Kier alpha value is -1.58. The number of ether oxygens (including phenoxy) is 1.